The fourth-order valence-corrected chi connectivity index (χ4v) is 3.18. The third kappa shape index (κ3) is 3.97. The molecule has 2 rings (SSSR count). The molecule has 0 aromatic heterocycles. The van der Waals surface area contributed by atoms with Crippen molar-refractivity contribution in [3.63, 3.8) is 0 Å². The van der Waals surface area contributed by atoms with Gasteiger partial charge in [-0.2, -0.15) is 11.8 Å². The summed E-state index contributed by atoms with van der Waals surface area (Å²) < 4.78 is 0. The minimum absolute atomic E-state index is 0.751. The van der Waals surface area contributed by atoms with Crippen LogP contribution in [0.4, 0.5) is 0 Å². The predicted octanol–water partition coefficient (Wildman–Crippen LogP) is 1.96. The van der Waals surface area contributed by atoms with Crippen LogP contribution in [-0.2, 0) is 0 Å². The second-order valence-corrected chi connectivity index (χ2v) is 5.96. The Morgan fingerprint density at radius 3 is 2.87 bits per heavy atom. The second kappa shape index (κ2) is 6.12. The van der Waals surface area contributed by atoms with Gasteiger partial charge in [0.2, 0.25) is 0 Å². The lowest BCUT2D eigenvalue weighted by molar-refractivity contribution is 0.235. The molecule has 0 aromatic carbocycles. The quantitative estimate of drug-likeness (QED) is 0.748. The van der Waals surface area contributed by atoms with Crippen molar-refractivity contribution in [2.24, 2.45) is 0 Å². The zero-order valence-electron chi connectivity index (χ0n) is 9.87. The van der Waals surface area contributed by atoms with E-state index < -0.39 is 0 Å². The summed E-state index contributed by atoms with van der Waals surface area (Å²) in [6, 6.07) is 1.69. The molecule has 0 aromatic rings. The van der Waals surface area contributed by atoms with Crippen molar-refractivity contribution in [3.05, 3.63) is 0 Å². The first kappa shape index (κ1) is 11.7. The van der Waals surface area contributed by atoms with Crippen LogP contribution < -0.4 is 5.32 Å². The summed E-state index contributed by atoms with van der Waals surface area (Å²) in [6.45, 7) is 6.11. The molecule has 2 aliphatic rings. The summed E-state index contributed by atoms with van der Waals surface area (Å²) in [5, 5.41) is 3.65. The average molecular weight is 228 g/mol. The van der Waals surface area contributed by atoms with Crippen molar-refractivity contribution < 1.29 is 0 Å². The van der Waals surface area contributed by atoms with E-state index in [2.05, 4.69) is 28.9 Å². The average Bonchev–Trinajstić information content (AvgIpc) is 3.09. The van der Waals surface area contributed by atoms with Crippen molar-refractivity contribution in [1.29, 1.82) is 0 Å². The standard InChI is InChI=1S/C12H24N2S/c1-2-3-7-14(12-4-5-12)9-11-10-15-8-6-13-11/h11-13H,2-10H2,1H3. The number of hydrogen-bond acceptors (Lipinski definition) is 3. The summed E-state index contributed by atoms with van der Waals surface area (Å²) in [4.78, 5) is 2.73. The van der Waals surface area contributed by atoms with Crippen molar-refractivity contribution in [3.8, 4) is 0 Å². The third-order valence-electron chi connectivity index (χ3n) is 3.32. The first-order chi connectivity index (χ1) is 7.40. The summed E-state index contributed by atoms with van der Waals surface area (Å²) in [5.74, 6) is 2.62. The number of nitrogens with zero attached hydrogens (tertiary/aromatic N) is 1. The Balaban J connectivity index is 1.72. The van der Waals surface area contributed by atoms with E-state index in [4.69, 9.17) is 0 Å². The lowest BCUT2D eigenvalue weighted by Crippen LogP contribution is -2.46. The maximum Gasteiger partial charge on any atom is 0.0286 e. The van der Waals surface area contributed by atoms with Crippen LogP contribution in [-0.4, -0.2) is 48.1 Å². The second-order valence-electron chi connectivity index (χ2n) is 4.81. The molecule has 88 valence electrons. The number of unbranched alkanes of at least 4 members (excludes halogenated alkanes) is 1. The van der Waals surface area contributed by atoms with Crippen LogP contribution in [0.25, 0.3) is 0 Å². The molecule has 1 aliphatic heterocycles. The Hall–Kier alpha value is 0.270. The van der Waals surface area contributed by atoms with Crippen molar-refractivity contribution >= 4 is 11.8 Å². The van der Waals surface area contributed by atoms with Crippen LogP contribution in [0.15, 0.2) is 0 Å². The number of thioether (sulfide) groups is 1. The van der Waals surface area contributed by atoms with Gasteiger partial charge in [-0.25, -0.2) is 0 Å². The highest BCUT2D eigenvalue weighted by Crippen LogP contribution is 2.27. The minimum atomic E-state index is 0.751. The Kier molecular flexibility index (Phi) is 4.79. The molecule has 15 heavy (non-hydrogen) atoms. The molecule has 2 nitrogen and oxygen atoms in total. The topological polar surface area (TPSA) is 15.3 Å². The smallest absolute Gasteiger partial charge is 0.0286 e. The van der Waals surface area contributed by atoms with Gasteiger partial charge in [0, 0.05) is 36.7 Å². The molecule has 1 N–H and O–H groups in total. The summed E-state index contributed by atoms with van der Waals surface area (Å²) in [7, 11) is 0. The summed E-state index contributed by atoms with van der Waals surface area (Å²) >= 11 is 2.11. The summed E-state index contributed by atoms with van der Waals surface area (Å²) in [6.07, 6.45) is 5.60. The highest BCUT2D eigenvalue weighted by Gasteiger charge is 2.30. The zero-order valence-corrected chi connectivity index (χ0v) is 10.7. The Morgan fingerprint density at radius 2 is 2.27 bits per heavy atom. The van der Waals surface area contributed by atoms with E-state index in [-0.39, 0.29) is 0 Å². The van der Waals surface area contributed by atoms with Crippen molar-refractivity contribution in [2.75, 3.05) is 31.1 Å². The molecular weight excluding hydrogens is 204 g/mol. The molecule has 0 amide bonds. The molecule has 0 spiro atoms. The number of hydrogen-bond donors (Lipinski definition) is 1. The van der Waals surface area contributed by atoms with E-state index >= 15 is 0 Å². The molecule has 0 bridgehead atoms. The van der Waals surface area contributed by atoms with E-state index in [0.29, 0.717) is 0 Å². The van der Waals surface area contributed by atoms with Gasteiger partial charge >= 0.3 is 0 Å². The van der Waals surface area contributed by atoms with E-state index in [0.717, 1.165) is 12.1 Å². The third-order valence-corrected chi connectivity index (χ3v) is 4.45. The number of nitrogens with one attached hydrogen (secondary N) is 1. The Morgan fingerprint density at radius 1 is 1.40 bits per heavy atom. The van der Waals surface area contributed by atoms with Crippen molar-refractivity contribution in [1.82, 2.24) is 10.2 Å². The maximum atomic E-state index is 3.65. The predicted molar refractivity (Wildman–Crippen MR) is 68.6 cm³/mol. The Bertz CT molecular complexity index is 176. The van der Waals surface area contributed by atoms with Gasteiger partial charge in [0.25, 0.3) is 0 Å². The monoisotopic (exact) mass is 228 g/mol. The van der Waals surface area contributed by atoms with Crippen LogP contribution in [0.1, 0.15) is 32.6 Å². The minimum Gasteiger partial charge on any atom is -0.311 e. The fourth-order valence-electron chi connectivity index (χ4n) is 2.24. The Labute approximate surface area is 98.2 Å². The van der Waals surface area contributed by atoms with Gasteiger partial charge in [-0.05, 0) is 25.8 Å². The molecule has 3 heteroatoms. The molecule has 1 aliphatic carbocycles. The lowest BCUT2D eigenvalue weighted by Gasteiger charge is -2.30. The van der Waals surface area contributed by atoms with E-state index in [1.165, 1.54) is 56.8 Å². The highest BCUT2D eigenvalue weighted by atomic mass is 32.2. The van der Waals surface area contributed by atoms with Gasteiger partial charge in [-0.3, -0.25) is 4.90 Å². The first-order valence-electron chi connectivity index (χ1n) is 6.45. The molecule has 1 saturated heterocycles. The molecule has 1 atom stereocenters. The molecule has 1 heterocycles. The lowest BCUT2D eigenvalue weighted by atomic mass is 10.2. The molecular formula is C12H24N2S. The highest BCUT2D eigenvalue weighted by molar-refractivity contribution is 7.99. The van der Waals surface area contributed by atoms with Gasteiger partial charge < -0.3 is 5.32 Å². The van der Waals surface area contributed by atoms with Crippen LogP contribution in [0.5, 0.6) is 0 Å². The van der Waals surface area contributed by atoms with Gasteiger partial charge in [0.05, 0.1) is 0 Å². The SMILES string of the molecule is CCCCN(CC1CSCCN1)C1CC1. The van der Waals surface area contributed by atoms with Crippen LogP contribution in [0.2, 0.25) is 0 Å². The first-order valence-corrected chi connectivity index (χ1v) is 7.61. The van der Waals surface area contributed by atoms with E-state index in [1.807, 2.05) is 0 Å². The van der Waals surface area contributed by atoms with Gasteiger partial charge in [0.1, 0.15) is 0 Å². The maximum absolute atomic E-state index is 3.65. The van der Waals surface area contributed by atoms with Gasteiger partial charge in [-0.1, -0.05) is 13.3 Å². The number of rotatable bonds is 6. The fraction of sp³-hybridized carbons (Fsp3) is 1.00. The zero-order chi connectivity index (χ0) is 10.5. The normalized spacial score (nSPS) is 27.2. The molecule has 2 fully saturated rings. The van der Waals surface area contributed by atoms with Crippen LogP contribution in [0, 0.1) is 0 Å². The van der Waals surface area contributed by atoms with Crippen LogP contribution >= 0.6 is 11.8 Å². The van der Waals surface area contributed by atoms with Gasteiger partial charge in [0.15, 0.2) is 0 Å². The summed E-state index contributed by atoms with van der Waals surface area (Å²) in [5.41, 5.74) is 0. The molecule has 1 saturated carbocycles. The van der Waals surface area contributed by atoms with Gasteiger partial charge in [-0.15, -0.1) is 0 Å². The molecule has 1 unspecified atom stereocenters. The van der Waals surface area contributed by atoms with E-state index in [1.54, 1.807) is 0 Å². The van der Waals surface area contributed by atoms with Crippen LogP contribution in [0.3, 0.4) is 0 Å². The largest absolute Gasteiger partial charge is 0.311 e. The van der Waals surface area contributed by atoms with Crippen molar-refractivity contribution in [2.45, 2.75) is 44.7 Å². The van der Waals surface area contributed by atoms with E-state index in [9.17, 15) is 0 Å². The molecule has 0 radical (unpaired) electrons.